The molecule has 152 valence electrons. The van der Waals surface area contributed by atoms with E-state index in [2.05, 4.69) is 25.0 Å². The maximum atomic E-state index is 12.7. The summed E-state index contributed by atoms with van der Waals surface area (Å²) in [4.78, 5) is 21.9. The molecular weight excluding hydrogens is 410 g/mol. The Morgan fingerprint density at radius 2 is 2.03 bits per heavy atom. The second kappa shape index (κ2) is 9.01. The highest BCUT2D eigenvalue weighted by Crippen LogP contribution is 2.30. The monoisotopic (exact) mass is 431 g/mol. The van der Waals surface area contributed by atoms with E-state index < -0.39 is 15.8 Å². The summed E-state index contributed by atoms with van der Waals surface area (Å²) < 4.78 is 21.1. The molecule has 2 aromatic heterocycles. The number of hydrogen-bond donors (Lipinski definition) is 2. The van der Waals surface area contributed by atoms with Gasteiger partial charge in [-0.3, -0.25) is 0 Å². The van der Waals surface area contributed by atoms with Gasteiger partial charge in [0, 0.05) is 35.0 Å². The van der Waals surface area contributed by atoms with Crippen LogP contribution in [0.1, 0.15) is 6.92 Å². The van der Waals surface area contributed by atoms with Crippen LogP contribution in [-0.4, -0.2) is 40.2 Å². The molecular formula is C19H21N5O3S2. The molecule has 0 saturated heterocycles. The van der Waals surface area contributed by atoms with Crippen molar-refractivity contribution in [3.05, 3.63) is 48.0 Å². The molecule has 0 bridgehead atoms. The zero-order valence-corrected chi connectivity index (χ0v) is 17.8. The highest BCUT2D eigenvalue weighted by molar-refractivity contribution is 7.93. The topological polar surface area (TPSA) is 106 Å². The van der Waals surface area contributed by atoms with E-state index in [9.17, 15) is 9.00 Å². The van der Waals surface area contributed by atoms with Gasteiger partial charge in [0.15, 0.2) is 0 Å². The molecule has 0 saturated carbocycles. The first-order chi connectivity index (χ1) is 13.9. The number of ether oxygens (including phenoxy) is 1. The van der Waals surface area contributed by atoms with Crippen LogP contribution < -0.4 is 10.6 Å². The Kier molecular flexibility index (Phi) is 6.45. The van der Waals surface area contributed by atoms with Crippen LogP contribution in [0.25, 0.3) is 10.4 Å². The summed E-state index contributed by atoms with van der Waals surface area (Å²) in [5, 5.41) is 8.21. The Morgan fingerprint density at radius 1 is 1.28 bits per heavy atom. The fourth-order valence-corrected chi connectivity index (χ4v) is 4.33. The number of nitrogens with one attached hydrogen (secondary N) is 2. The van der Waals surface area contributed by atoms with Crippen molar-refractivity contribution < 1.29 is 13.7 Å². The Balaban J connectivity index is 1.80. The SMILES string of the molecule is CCOC(=O)N=S(C)(=O)c1ccc(Nc2ncc(-c3cccs3)c(NC)n2)cc1. The summed E-state index contributed by atoms with van der Waals surface area (Å²) in [6, 6.07) is 10.7. The molecule has 10 heteroatoms. The number of benzene rings is 1. The van der Waals surface area contributed by atoms with Crippen molar-refractivity contribution in [1.29, 1.82) is 0 Å². The molecule has 0 radical (unpaired) electrons. The first-order valence-corrected chi connectivity index (χ1v) is 11.6. The van der Waals surface area contributed by atoms with Crippen molar-refractivity contribution in [2.24, 2.45) is 4.36 Å². The molecule has 3 aromatic rings. The summed E-state index contributed by atoms with van der Waals surface area (Å²) in [5.74, 6) is 1.14. The lowest BCUT2D eigenvalue weighted by molar-refractivity contribution is 0.164. The van der Waals surface area contributed by atoms with Gasteiger partial charge in [-0.2, -0.15) is 4.98 Å². The van der Waals surface area contributed by atoms with Crippen LogP contribution in [0.4, 0.5) is 22.2 Å². The number of nitrogens with zero attached hydrogens (tertiary/aromatic N) is 3. The van der Waals surface area contributed by atoms with Gasteiger partial charge < -0.3 is 15.4 Å². The van der Waals surface area contributed by atoms with Gasteiger partial charge in [0.05, 0.1) is 21.9 Å². The molecule has 0 aliphatic carbocycles. The number of hydrogen-bond acceptors (Lipinski definition) is 8. The number of rotatable bonds is 6. The van der Waals surface area contributed by atoms with E-state index in [-0.39, 0.29) is 6.61 Å². The van der Waals surface area contributed by atoms with Crippen molar-refractivity contribution in [3.8, 4) is 10.4 Å². The molecule has 0 aliphatic rings. The zero-order valence-electron chi connectivity index (χ0n) is 16.2. The Labute approximate surface area is 173 Å². The number of anilines is 3. The molecule has 2 N–H and O–H groups in total. The fourth-order valence-electron chi connectivity index (χ4n) is 2.51. The first-order valence-electron chi connectivity index (χ1n) is 8.77. The number of aromatic nitrogens is 2. The lowest BCUT2D eigenvalue weighted by atomic mass is 10.2. The third-order valence-electron chi connectivity index (χ3n) is 3.88. The van der Waals surface area contributed by atoms with Gasteiger partial charge in [-0.05, 0) is 42.6 Å². The summed E-state index contributed by atoms with van der Waals surface area (Å²) in [7, 11) is -1.07. The minimum absolute atomic E-state index is 0.181. The third kappa shape index (κ3) is 5.09. The van der Waals surface area contributed by atoms with Crippen LogP contribution >= 0.6 is 11.3 Å². The fraction of sp³-hybridized carbons (Fsp3) is 0.211. The molecule has 0 spiro atoms. The lowest BCUT2D eigenvalue weighted by Crippen LogP contribution is -2.05. The van der Waals surface area contributed by atoms with E-state index in [0.717, 1.165) is 10.4 Å². The standard InChI is InChI=1S/C19H21N5O3S2/c1-4-27-19(25)24-29(3,26)14-9-7-13(8-10-14)22-18-21-12-15(17(20-2)23-18)16-6-5-11-28-16/h5-12H,4H2,1-3H3,(H2,20,21,22,23). The molecule has 1 atom stereocenters. The lowest BCUT2D eigenvalue weighted by Gasteiger charge is -2.10. The van der Waals surface area contributed by atoms with E-state index in [1.807, 2.05) is 24.6 Å². The average molecular weight is 432 g/mol. The quantitative estimate of drug-likeness (QED) is 0.587. The molecule has 1 amide bonds. The van der Waals surface area contributed by atoms with E-state index in [4.69, 9.17) is 4.74 Å². The largest absolute Gasteiger partial charge is 0.448 e. The number of carbonyl (C=O) groups excluding carboxylic acids is 1. The van der Waals surface area contributed by atoms with Crippen molar-refractivity contribution in [3.63, 3.8) is 0 Å². The highest BCUT2D eigenvalue weighted by atomic mass is 32.2. The molecule has 0 fully saturated rings. The van der Waals surface area contributed by atoms with E-state index in [0.29, 0.717) is 22.3 Å². The minimum Gasteiger partial charge on any atom is -0.448 e. The molecule has 8 nitrogen and oxygen atoms in total. The third-order valence-corrected chi connectivity index (χ3v) is 6.42. The van der Waals surface area contributed by atoms with Crippen LogP contribution in [0.5, 0.6) is 0 Å². The van der Waals surface area contributed by atoms with Crippen LogP contribution in [0, 0.1) is 0 Å². The molecule has 3 rings (SSSR count). The second-order valence-electron chi connectivity index (χ2n) is 5.93. The highest BCUT2D eigenvalue weighted by Gasteiger charge is 2.12. The van der Waals surface area contributed by atoms with Gasteiger partial charge in [-0.15, -0.1) is 15.7 Å². The maximum Gasteiger partial charge on any atom is 0.442 e. The van der Waals surface area contributed by atoms with Crippen molar-refractivity contribution in [2.45, 2.75) is 11.8 Å². The molecule has 1 unspecified atom stereocenters. The van der Waals surface area contributed by atoms with Crippen molar-refractivity contribution in [2.75, 3.05) is 30.5 Å². The molecule has 1 aromatic carbocycles. The van der Waals surface area contributed by atoms with Crippen LogP contribution in [0.3, 0.4) is 0 Å². The Hall–Kier alpha value is -2.98. The second-order valence-corrected chi connectivity index (χ2v) is 9.13. The van der Waals surface area contributed by atoms with Gasteiger partial charge in [0.2, 0.25) is 5.95 Å². The van der Waals surface area contributed by atoms with Crippen LogP contribution in [0.15, 0.2) is 57.2 Å². The van der Waals surface area contributed by atoms with Crippen molar-refractivity contribution in [1.82, 2.24) is 9.97 Å². The molecule has 0 aliphatic heterocycles. The van der Waals surface area contributed by atoms with Gasteiger partial charge in [-0.1, -0.05) is 6.07 Å². The summed E-state index contributed by atoms with van der Waals surface area (Å²) in [6.07, 6.45) is 2.33. The molecule has 29 heavy (non-hydrogen) atoms. The first kappa shape index (κ1) is 20.7. The summed E-state index contributed by atoms with van der Waals surface area (Å²) in [5.41, 5.74) is 1.64. The van der Waals surface area contributed by atoms with E-state index >= 15 is 0 Å². The normalized spacial score (nSPS) is 12.7. The number of thiophene rings is 1. The number of carbonyl (C=O) groups is 1. The number of amides is 1. The van der Waals surface area contributed by atoms with Gasteiger partial charge in [0.25, 0.3) is 0 Å². The van der Waals surface area contributed by atoms with Crippen molar-refractivity contribution >= 4 is 44.6 Å². The van der Waals surface area contributed by atoms with Gasteiger partial charge in [0.1, 0.15) is 5.82 Å². The maximum absolute atomic E-state index is 12.7. The summed E-state index contributed by atoms with van der Waals surface area (Å²) in [6.45, 7) is 1.85. The van der Waals surface area contributed by atoms with Crippen LogP contribution in [-0.2, 0) is 14.5 Å². The predicted molar refractivity (Wildman–Crippen MR) is 116 cm³/mol. The van der Waals surface area contributed by atoms with E-state index in [1.54, 1.807) is 48.7 Å². The average Bonchev–Trinajstić information content (AvgIpc) is 3.22. The minimum atomic E-state index is -2.88. The smallest absolute Gasteiger partial charge is 0.442 e. The molecule has 2 heterocycles. The Bertz CT molecular complexity index is 1110. The van der Waals surface area contributed by atoms with Gasteiger partial charge in [-0.25, -0.2) is 14.0 Å². The van der Waals surface area contributed by atoms with E-state index in [1.165, 1.54) is 6.26 Å². The van der Waals surface area contributed by atoms with Gasteiger partial charge >= 0.3 is 6.09 Å². The zero-order chi connectivity index (χ0) is 20.9. The Morgan fingerprint density at radius 3 is 2.66 bits per heavy atom. The van der Waals surface area contributed by atoms with Crippen LogP contribution in [0.2, 0.25) is 0 Å². The predicted octanol–water partition coefficient (Wildman–Crippen LogP) is 4.60. The summed E-state index contributed by atoms with van der Waals surface area (Å²) >= 11 is 1.62.